The number of aryl methyl sites for hydroxylation is 1. The number of aliphatic hydroxyl groups is 2. The molecule has 1 amide bonds. The monoisotopic (exact) mass is 590 g/mol. The topological polar surface area (TPSA) is 112 Å². The summed E-state index contributed by atoms with van der Waals surface area (Å²) in [4.78, 5) is 31.8. The Morgan fingerprint density at radius 3 is 2.27 bits per heavy atom. The molecule has 2 saturated heterocycles. The number of thiazole rings is 1. The molecule has 2 aliphatic rings. The minimum Gasteiger partial charge on any atom is -0.393 e. The molecule has 0 aliphatic carbocycles. The summed E-state index contributed by atoms with van der Waals surface area (Å²) in [5.41, 5.74) is -0.663. The summed E-state index contributed by atoms with van der Waals surface area (Å²) in [6.45, 7) is 21.6. The molecule has 7 atom stereocenters. The van der Waals surface area contributed by atoms with E-state index in [4.69, 9.17) is 4.74 Å². The predicted octanol–water partition coefficient (Wildman–Crippen LogP) is 6.10. The molecule has 7 nitrogen and oxygen atoms in total. The highest BCUT2D eigenvalue weighted by Gasteiger charge is 2.53. The van der Waals surface area contributed by atoms with Gasteiger partial charge in [0.05, 0.1) is 52.5 Å². The molecule has 0 radical (unpaired) electrons. The first-order valence-electron chi connectivity index (χ1n) is 15.2. The second-order valence-corrected chi connectivity index (χ2v) is 15.9. The van der Waals surface area contributed by atoms with E-state index < -0.39 is 23.0 Å². The highest BCUT2D eigenvalue weighted by molar-refractivity contribution is 7.09. The molecule has 2 unspecified atom stereocenters. The maximum atomic E-state index is 14.0. The Balaban J connectivity index is 1.94. The van der Waals surface area contributed by atoms with Crippen LogP contribution in [0.4, 0.5) is 0 Å². The van der Waals surface area contributed by atoms with Crippen molar-refractivity contribution in [2.75, 3.05) is 0 Å². The van der Waals surface area contributed by atoms with Gasteiger partial charge in [0.25, 0.3) is 0 Å². The normalized spacial score (nSPS) is 37.0. The van der Waals surface area contributed by atoms with Gasteiger partial charge in [0, 0.05) is 17.2 Å². The van der Waals surface area contributed by atoms with Gasteiger partial charge in [0.2, 0.25) is 5.91 Å². The number of amides is 1. The smallest absolute Gasteiger partial charge is 0.223 e. The lowest BCUT2D eigenvalue weighted by Gasteiger charge is -2.45. The molecule has 2 aliphatic heterocycles. The van der Waals surface area contributed by atoms with Crippen LogP contribution in [0.3, 0.4) is 0 Å². The van der Waals surface area contributed by atoms with E-state index in [9.17, 15) is 19.8 Å². The minimum atomic E-state index is -1.18. The molecule has 0 spiro atoms. The minimum absolute atomic E-state index is 0.00194. The summed E-state index contributed by atoms with van der Waals surface area (Å²) in [7, 11) is 0. The van der Waals surface area contributed by atoms with Crippen LogP contribution in [0.1, 0.15) is 112 Å². The van der Waals surface area contributed by atoms with Gasteiger partial charge < -0.3 is 20.3 Å². The lowest BCUT2D eigenvalue weighted by atomic mass is 9.60. The highest BCUT2D eigenvalue weighted by Crippen LogP contribution is 2.47. The fraction of sp³-hybridized carbons (Fsp3) is 0.788. The highest BCUT2D eigenvalue weighted by atomic mass is 32.1. The number of fused-ring (bicyclic) bond motifs is 1. The van der Waals surface area contributed by atoms with Crippen molar-refractivity contribution >= 4 is 29.1 Å². The van der Waals surface area contributed by atoms with E-state index >= 15 is 0 Å². The Labute approximate surface area is 251 Å². The Bertz CT molecular complexity index is 1140. The summed E-state index contributed by atoms with van der Waals surface area (Å²) in [6, 6.07) is -0.288. The molecule has 2 fully saturated rings. The Hall–Kier alpha value is -1.61. The molecule has 0 saturated carbocycles. The number of hydrogen-bond acceptors (Lipinski definition) is 7. The first-order valence-corrected chi connectivity index (χ1v) is 16.1. The molecule has 8 heteroatoms. The van der Waals surface area contributed by atoms with Gasteiger partial charge in [-0.15, -0.1) is 11.3 Å². The maximum Gasteiger partial charge on any atom is 0.223 e. The van der Waals surface area contributed by atoms with Crippen LogP contribution in [0.25, 0.3) is 6.08 Å². The third-order valence-electron chi connectivity index (χ3n) is 10.7. The third-order valence-corrected chi connectivity index (χ3v) is 11.4. The number of nitrogens with zero attached hydrogens (tertiary/aromatic N) is 1. The first kappa shape index (κ1) is 33.9. The van der Waals surface area contributed by atoms with Crippen LogP contribution in [0.15, 0.2) is 11.0 Å². The number of epoxide rings is 1. The lowest BCUT2D eigenvalue weighted by Crippen LogP contribution is -2.52. The van der Waals surface area contributed by atoms with E-state index in [2.05, 4.69) is 38.0 Å². The van der Waals surface area contributed by atoms with Crippen molar-refractivity contribution < 1.29 is 24.5 Å². The van der Waals surface area contributed by atoms with Crippen LogP contribution in [-0.2, 0) is 14.3 Å². The molecule has 41 heavy (non-hydrogen) atoms. The van der Waals surface area contributed by atoms with Crippen LogP contribution in [-0.4, -0.2) is 56.8 Å². The van der Waals surface area contributed by atoms with Crippen LogP contribution < -0.4 is 5.32 Å². The van der Waals surface area contributed by atoms with Crippen molar-refractivity contribution in [3.05, 3.63) is 21.7 Å². The van der Waals surface area contributed by atoms with Crippen LogP contribution in [0, 0.1) is 35.0 Å². The zero-order valence-electron chi connectivity index (χ0n) is 27.1. The standard InChI is InChI=1S/C33H54N2O5S/c1-19(15-23-18-41-22(4)34-23)24-16-26-33(11,40-26)14-12-13-30(5,6)20(2)28(38)21(3)31(7,8)29(39)32(9,10)25(36)17-27(37)35-24/h15,18,20-21,24-26,28,36,38H,12-14,16-17H2,1-11H3,(H,35,37)/b19-15+/t20-,21-,24?,25+,26?,28+,33-/m1/s1. The average Bonchev–Trinajstić information content (AvgIpc) is 3.31. The fourth-order valence-corrected chi connectivity index (χ4v) is 7.05. The predicted molar refractivity (Wildman–Crippen MR) is 165 cm³/mol. The van der Waals surface area contributed by atoms with Gasteiger partial charge in [-0.2, -0.15) is 0 Å². The van der Waals surface area contributed by atoms with Gasteiger partial charge in [-0.25, -0.2) is 4.98 Å². The molecule has 0 bridgehead atoms. The number of Topliss-reactive ketones (excluding diaryl/α,β-unsaturated/α-hetero) is 1. The maximum absolute atomic E-state index is 14.0. The summed E-state index contributed by atoms with van der Waals surface area (Å²) in [6.07, 6.45) is 3.32. The van der Waals surface area contributed by atoms with Gasteiger partial charge in [-0.3, -0.25) is 9.59 Å². The fourth-order valence-electron chi connectivity index (χ4n) is 6.48. The van der Waals surface area contributed by atoms with Crippen molar-refractivity contribution in [1.82, 2.24) is 10.3 Å². The van der Waals surface area contributed by atoms with Gasteiger partial charge in [-0.1, -0.05) is 55.4 Å². The average molecular weight is 591 g/mol. The van der Waals surface area contributed by atoms with Crippen LogP contribution >= 0.6 is 11.3 Å². The SMILES string of the molecule is C/C(=C\c1csc(C)n1)C1CC2O[C@]2(C)CCCC(C)(C)[C@H](C)[C@H](O)[C@@H](C)C(C)(C)C(=O)C(C)(C)[C@@H](O)CC(=O)N1. The molecular formula is C33H54N2O5S. The lowest BCUT2D eigenvalue weighted by molar-refractivity contribution is -0.150. The van der Waals surface area contributed by atoms with Gasteiger partial charge in [-0.05, 0) is 68.9 Å². The van der Waals surface area contributed by atoms with Gasteiger partial charge >= 0.3 is 0 Å². The number of hydrogen-bond donors (Lipinski definition) is 3. The number of ether oxygens (including phenoxy) is 1. The zero-order valence-corrected chi connectivity index (χ0v) is 27.9. The number of aliphatic hydroxyl groups excluding tert-OH is 2. The molecule has 3 N–H and O–H groups in total. The molecule has 1 aromatic heterocycles. The van der Waals surface area contributed by atoms with E-state index in [1.165, 1.54) is 0 Å². The second kappa shape index (κ2) is 12.2. The number of rotatable bonds is 2. The Morgan fingerprint density at radius 2 is 1.68 bits per heavy atom. The number of ketones is 1. The summed E-state index contributed by atoms with van der Waals surface area (Å²) in [5.74, 6) is -0.854. The number of nitrogens with one attached hydrogen (secondary N) is 1. The van der Waals surface area contributed by atoms with Crippen LogP contribution in [0.2, 0.25) is 0 Å². The van der Waals surface area contributed by atoms with Gasteiger partial charge in [0.15, 0.2) is 0 Å². The van der Waals surface area contributed by atoms with Crippen LogP contribution in [0.5, 0.6) is 0 Å². The Morgan fingerprint density at radius 1 is 1.05 bits per heavy atom. The summed E-state index contributed by atoms with van der Waals surface area (Å²) < 4.78 is 6.23. The van der Waals surface area contributed by atoms with Crippen molar-refractivity contribution in [2.45, 2.75) is 138 Å². The molecule has 0 aromatic carbocycles. The first-order chi connectivity index (χ1) is 18.7. The molecular weight excluding hydrogens is 536 g/mol. The third kappa shape index (κ3) is 7.49. The molecule has 1 aromatic rings. The zero-order chi connectivity index (χ0) is 31.1. The van der Waals surface area contributed by atoms with Crippen molar-refractivity contribution in [1.29, 1.82) is 0 Å². The summed E-state index contributed by atoms with van der Waals surface area (Å²) in [5, 5.41) is 28.9. The quantitative estimate of drug-likeness (QED) is 0.359. The second-order valence-electron chi connectivity index (χ2n) is 14.9. The molecule has 3 heterocycles. The molecule has 3 rings (SSSR count). The number of carbonyl (C=O) groups is 2. The van der Waals surface area contributed by atoms with E-state index in [-0.39, 0.29) is 53.1 Å². The summed E-state index contributed by atoms with van der Waals surface area (Å²) >= 11 is 1.58. The number of carbonyl (C=O) groups excluding carboxylic acids is 2. The van der Waals surface area contributed by atoms with Crippen molar-refractivity contribution in [3.8, 4) is 0 Å². The van der Waals surface area contributed by atoms with Crippen molar-refractivity contribution in [3.63, 3.8) is 0 Å². The van der Waals surface area contributed by atoms with E-state index in [1.54, 1.807) is 25.2 Å². The van der Waals surface area contributed by atoms with E-state index in [0.29, 0.717) is 6.42 Å². The molecule has 232 valence electrons. The van der Waals surface area contributed by atoms with E-state index in [0.717, 1.165) is 35.5 Å². The van der Waals surface area contributed by atoms with Gasteiger partial charge in [0.1, 0.15) is 5.78 Å². The number of aromatic nitrogens is 1. The Kier molecular flexibility index (Phi) is 10.1. The largest absolute Gasteiger partial charge is 0.393 e. The van der Waals surface area contributed by atoms with Crippen molar-refractivity contribution in [2.24, 2.45) is 28.1 Å². The van der Waals surface area contributed by atoms with E-state index in [1.807, 2.05) is 46.1 Å².